The van der Waals surface area contributed by atoms with Gasteiger partial charge in [-0.2, -0.15) is 0 Å². The van der Waals surface area contributed by atoms with Gasteiger partial charge in [0, 0.05) is 31.1 Å². The van der Waals surface area contributed by atoms with Gasteiger partial charge in [0.25, 0.3) is 0 Å². The molecule has 0 radical (unpaired) electrons. The summed E-state index contributed by atoms with van der Waals surface area (Å²) in [4.78, 5) is 28.9. The number of esters is 1. The summed E-state index contributed by atoms with van der Waals surface area (Å²) in [6.07, 6.45) is 13.3. The largest absolute Gasteiger partial charge is 0.458 e. The van der Waals surface area contributed by atoms with E-state index in [9.17, 15) is 14.7 Å². The van der Waals surface area contributed by atoms with Crippen molar-refractivity contribution in [3.8, 4) is 0 Å². The lowest BCUT2D eigenvalue weighted by Gasteiger charge is -2.64. The Morgan fingerprint density at radius 1 is 1.11 bits per heavy atom. The lowest BCUT2D eigenvalue weighted by atomic mass is 9.43. The van der Waals surface area contributed by atoms with Gasteiger partial charge in [0.1, 0.15) is 13.2 Å². The van der Waals surface area contributed by atoms with Crippen molar-refractivity contribution in [3.05, 3.63) is 11.6 Å². The highest BCUT2D eigenvalue weighted by molar-refractivity contribution is 5.85. The summed E-state index contributed by atoms with van der Waals surface area (Å²) in [7, 11) is 1.93. The molecule has 0 aromatic heterocycles. The van der Waals surface area contributed by atoms with Crippen molar-refractivity contribution in [1.29, 1.82) is 0 Å². The first-order valence-electron chi connectivity index (χ1n) is 15.4. The van der Waals surface area contributed by atoms with E-state index in [1.54, 1.807) is 6.08 Å². The molecule has 0 aromatic carbocycles. The third-order valence-corrected chi connectivity index (χ3v) is 12.6. The van der Waals surface area contributed by atoms with Crippen LogP contribution in [0.4, 0.5) is 4.79 Å². The summed E-state index contributed by atoms with van der Waals surface area (Å²) < 4.78 is 10.9. The van der Waals surface area contributed by atoms with Gasteiger partial charge < -0.3 is 19.5 Å². The maximum absolute atomic E-state index is 12.9. The molecule has 6 rings (SSSR count). The Balaban J connectivity index is 1.10. The van der Waals surface area contributed by atoms with Gasteiger partial charge >= 0.3 is 12.1 Å². The van der Waals surface area contributed by atoms with E-state index in [0.717, 1.165) is 83.0 Å². The highest BCUT2D eigenvalue weighted by Gasteiger charge is 2.67. The number of ether oxygens (including phenoxy) is 2. The van der Waals surface area contributed by atoms with Crippen LogP contribution in [0, 0.1) is 34.5 Å². The fourth-order valence-electron chi connectivity index (χ4n) is 10.3. The van der Waals surface area contributed by atoms with Crippen LogP contribution in [0.5, 0.6) is 0 Å². The maximum Gasteiger partial charge on any atom is 0.409 e. The first kappa shape index (κ1) is 26.6. The van der Waals surface area contributed by atoms with Crippen LogP contribution in [0.1, 0.15) is 84.5 Å². The van der Waals surface area contributed by atoms with Crippen LogP contribution < -0.4 is 0 Å². The molecule has 2 heterocycles. The van der Waals surface area contributed by atoms with E-state index < -0.39 is 5.60 Å². The SMILES string of the molecule is CN(C(=O)OCCN1CCCC1)[C@H]1CC[C@@]2(C)[C@H](CC[C@@H]3[C@@H]2CC[C@]2(C)[C@@H](C4=CC(=O)OC4)CC[C@]32O)C1. The summed E-state index contributed by atoms with van der Waals surface area (Å²) >= 11 is 0. The highest BCUT2D eigenvalue weighted by atomic mass is 16.6. The average molecular weight is 529 g/mol. The molecule has 2 aliphatic heterocycles. The molecule has 8 atom stereocenters. The number of cyclic esters (lactones) is 1. The molecular formula is C31H48N2O5. The molecular weight excluding hydrogens is 480 g/mol. The first-order chi connectivity index (χ1) is 18.2. The molecule has 6 aliphatic rings. The Bertz CT molecular complexity index is 977. The predicted octanol–water partition coefficient (Wildman–Crippen LogP) is 4.78. The van der Waals surface area contributed by atoms with E-state index in [4.69, 9.17) is 9.47 Å². The van der Waals surface area contributed by atoms with Crippen LogP contribution in [-0.4, -0.2) is 78.5 Å². The standard InChI is InChI=1S/C31H48N2O5/c1-29-11-8-23(32(3)28(35)37-17-16-33-14-4-5-15-33)19-22(29)6-7-26-25(29)9-12-30(2)24(10-13-31(26,30)36)21-18-27(34)38-20-21/h18,22-26,36H,4-17,19-20H2,1-3H3/t22-,23+,24-,25+,26-,29+,30-,31+/m1/s1. The smallest absolute Gasteiger partial charge is 0.409 e. The molecule has 1 saturated heterocycles. The van der Waals surface area contributed by atoms with Crippen LogP contribution in [-0.2, 0) is 14.3 Å². The lowest BCUT2D eigenvalue weighted by molar-refractivity contribution is -0.206. The topological polar surface area (TPSA) is 79.3 Å². The highest BCUT2D eigenvalue weighted by Crippen LogP contribution is 2.70. The Labute approximate surface area is 228 Å². The molecule has 1 amide bonds. The van der Waals surface area contributed by atoms with Crippen LogP contribution >= 0.6 is 0 Å². The van der Waals surface area contributed by atoms with Crippen molar-refractivity contribution < 1.29 is 24.2 Å². The van der Waals surface area contributed by atoms with E-state index in [1.165, 1.54) is 12.8 Å². The number of nitrogens with zero attached hydrogens (tertiary/aromatic N) is 2. The van der Waals surface area contributed by atoms with E-state index in [1.807, 2.05) is 11.9 Å². The zero-order chi connectivity index (χ0) is 26.7. The van der Waals surface area contributed by atoms with Crippen LogP contribution in [0.15, 0.2) is 11.6 Å². The average Bonchev–Trinajstić information content (AvgIpc) is 3.62. The molecule has 1 N–H and O–H groups in total. The second kappa shape index (κ2) is 9.79. The van der Waals surface area contributed by atoms with Gasteiger partial charge in [-0.1, -0.05) is 13.8 Å². The minimum absolute atomic E-state index is 0.171. The summed E-state index contributed by atoms with van der Waals surface area (Å²) in [5.74, 6) is 1.43. The molecule has 212 valence electrons. The number of carbonyl (C=O) groups excluding carboxylic acids is 2. The number of carbonyl (C=O) groups is 2. The van der Waals surface area contributed by atoms with Gasteiger partial charge in [-0.25, -0.2) is 9.59 Å². The van der Waals surface area contributed by atoms with Gasteiger partial charge in [0.2, 0.25) is 0 Å². The lowest BCUT2D eigenvalue weighted by Crippen LogP contribution is -2.62. The number of aliphatic hydroxyl groups is 1. The van der Waals surface area contributed by atoms with Crippen LogP contribution in [0.2, 0.25) is 0 Å². The van der Waals surface area contributed by atoms with E-state index >= 15 is 0 Å². The van der Waals surface area contributed by atoms with Gasteiger partial charge in [-0.3, -0.25) is 4.90 Å². The second-order valence-electron chi connectivity index (χ2n) is 14.0. The predicted molar refractivity (Wildman–Crippen MR) is 144 cm³/mol. The van der Waals surface area contributed by atoms with Crippen molar-refractivity contribution in [3.63, 3.8) is 0 Å². The van der Waals surface area contributed by atoms with Gasteiger partial charge in [0.05, 0.1) is 5.60 Å². The molecule has 0 spiro atoms. The molecule has 0 aromatic rings. The third kappa shape index (κ3) is 4.13. The normalized spacial score (nSPS) is 44.6. The Morgan fingerprint density at radius 3 is 2.63 bits per heavy atom. The minimum Gasteiger partial charge on any atom is -0.458 e. The molecule has 4 saturated carbocycles. The van der Waals surface area contributed by atoms with Crippen molar-refractivity contribution in [2.45, 2.75) is 96.1 Å². The monoisotopic (exact) mass is 528 g/mol. The first-order valence-corrected chi connectivity index (χ1v) is 15.4. The molecule has 0 bridgehead atoms. The zero-order valence-electron chi connectivity index (χ0n) is 23.8. The number of likely N-dealkylation sites (tertiary alicyclic amines) is 1. The Morgan fingerprint density at radius 2 is 1.89 bits per heavy atom. The third-order valence-electron chi connectivity index (χ3n) is 12.6. The van der Waals surface area contributed by atoms with Crippen LogP contribution in [0.25, 0.3) is 0 Å². The fourth-order valence-corrected chi connectivity index (χ4v) is 10.3. The summed E-state index contributed by atoms with van der Waals surface area (Å²) in [6, 6.07) is 0.239. The van der Waals surface area contributed by atoms with E-state index in [-0.39, 0.29) is 34.9 Å². The summed E-state index contributed by atoms with van der Waals surface area (Å²) in [6.45, 7) is 8.76. The number of rotatable bonds is 5. The minimum atomic E-state index is -0.673. The number of hydrogen-bond acceptors (Lipinski definition) is 6. The molecule has 0 unspecified atom stereocenters. The molecule has 38 heavy (non-hydrogen) atoms. The van der Waals surface area contributed by atoms with Crippen molar-refractivity contribution in [2.75, 3.05) is 39.9 Å². The Kier molecular flexibility index (Phi) is 6.86. The van der Waals surface area contributed by atoms with Crippen LogP contribution in [0.3, 0.4) is 0 Å². The number of fused-ring (bicyclic) bond motifs is 5. The molecule has 7 heteroatoms. The number of amides is 1. The van der Waals surface area contributed by atoms with Crippen molar-refractivity contribution >= 4 is 12.1 Å². The second-order valence-corrected chi connectivity index (χ2v) is 14.0. The summed E-state index contributed by atoms with van der Waals surface area (Å²) in [5.41, 5.74) is 0.449. The fraction of sp³-hybridized carbons (Fsp3) is 0.871. The van der Waals surface area contributed by atoms with E-state index in [0.29, 0.717) is 31.0 Å². The van der Waals surface area contributed by atoms with Gasteiger partial charge in [-0.05, 0) is 118 Å². The Hall–Kier alpha value is -1.60. The zero-order valence-corrected chi connectivity index (χ0v) is 23.8. The number of hydrogen-bond donors (Lipinski definition) is 1. The van der Waals surface area contributed by atoms with E-state index in [2.05, 4.69) is 18.7 Å². The van der Waals surface area contributed by atoms with Gasteiger partial charge in [-0.15, -0.1) is 0 Å². The van der Waals surface area contributed by atoms with Crippen molar-refractivity contribution in [1.82, 2.24) is 9.80 Å². The van der Waals surface area contributed by atoms with Gasteiger partial charge in [0.15, 0.2) is 0 Å². The summed E-state index contributed by atoms with van der Waals surface area (Å²) in [5, 5.41) is 12.4. The quantitative estimate of drug-likeness (QED) is 0.518. The molecule has 7 nitrogen and oxygen atoms in total. The maximum atomic E-state index is 12.9. The molecule has 5 fully saturated rings. The molecule has 4 aliphatic carbocycles. The van der Waals surface area contributed by atoms with Crippen molar-refractivity contribution in [2.24, 2.45) is 34.5 Å².